The maximum absolute atomic E-state index is 12.6. The zero-order valence-corrected chi connectivity index (χ0v) is 15.7. The number of nitrogens with zero attached hydrogens (tertiary/aromatic N) is 1. The van der Waals surface area contributed by atoms with E-state index in [0.717, 1.165) is 5.56 Å². The Morgan fingerprint density at radius 1 is 1.36 bits per heavy atom. The standard InChI is InChI=1S/C20H27NO4/c1-13-6-7-15-16(22)12-20(24-17(15)10-13)8-9-21(14(2)11-20)18(23)25-19(3,4)5/h6-7,10,14H,8-9,11-12H2,1-5H3/t14-,20+/m0/s1. The molecule has 2 aliphatic heterocycles. The van der Waals surface area contributed by atoms with E-state index in [0.29, 0.717) is 37.1 Å². The minimum absolute atomic E-state index is 0.0391. The molecule has 0 aromatic heterocycles. The number of ketones is 1. The molecule has 2 heterocycles. The molecular formula is C20H27NO4. The Labute approximate surface area is 149 Å². The number of ether oxygens (including phenoxy) is 2. The highest BCUT2D eigenvalue weighted by molar-refractivity contribution is 6.00. The normalized spacial score (nSPS) is 26.2. The summed E-state index contributed by atoms with van der Waals surface area (Å²) >= 11 is 0. The van der Waals surface area contributed by atoms with Gasteiger partial charge in [-0.1, -0.05) is 6.07 Å². The van der Waals surface area contributed by atoms with Crippen LogP contribution in [-0.2, 0) is 4.74 Å². The highest BCUT2D eigenvalue weighted by Gasteiger charge is 2.46. The SMILES string of the molecule is Cc1ccc2c(c1)O[C@@]1(CCN(C(=O)OC(C)(C)C)[C@@H](C)C1)CC2=O. The van der Waals surface area contributed by atoms with Gasteiger partial charge in [-0.25, -0.2) is 4.79 Å². The first-order valence-corrected chi connectivity index (χ1v) is 8.91. The van der Waals surface area contributed by atoms with E-state index in [9.17, 15) is 9.59 Å². The minimum Gasteiger partial charge on any atom is -0.486 e. The van der Waals surface area contributed by atoms with Crippen LogP contribution in [-0.4, -0.2) is 40.6 Å². The summed E-state index contributed by atoms with van der Waals surface area (Å²) in [6, 6.07) is 5.67. The van der Waals surface area contributed by atoms with Gasteiger partial charge in [0.2, 0.25) is 0 Å². The van der Waals surface area contributed by atoms with Crippen LogP contribution in [0, 0.1) is 6.92 Å². The average Bonchev–Trinajstić information content (AvgIpc) is 2.44. The summed E-state index contributed by atoms with van der Waals surface area (Å²) in [6.45, 7) is 10.1. The van der Waals surface area contributed by atoms with Crippen LogP contribution in [0.2, 0.25) is 0 Å². The van der Waals surface area contributed by atoms with E-state index >= 15 is 0 Å². The molecule has 136 valence electrons. The monoisotopic (exact) mass is 345 g/mol. The highest BCUT2D eigenvalue weighted by atomic mass is 16.6. The first-order valence-electron chi connectivity index (χ1n) is 8.91. The van der Waals surface area contributed by atoms with E-state index in [2.05, 4.69) is 0 Å². The smallest absolute Gasteiger partial charge is 0.410 e. The lowest BCUT2D eigenvalue weighted by Crippen LogP contribution is -2.56. The van der Waals surface area contributed by atoms with Crippen LogP contribution in [0.3, 0.4) is 0 Å². The largest absolute Gasteiger partial charge is 0.486 e. The van der Waals surface area contributed by atoms with Gasteiger partial charge < -0.3 is 14.4 Å². The molecule has 25 heavy (non-hydrogen) atoms. The molecule has 0 saturated carbocycles. The van der Waals surface area contributed by atoms with Crippen LogP contribution in [0.5, 0.6) is 5.75 Å². The van der Waals surface area contributed by atoms with Crippen molar-refractivity contribution in [2.75, 3.05) is 6.54 Å². The van der Waals surface area contributed by atoms with E-state index in [1.165, 1.54) is 0 Å². The minimum atomic E-state index is -0.518. The second kappa shape index (κ2) is 6.04. The van der Waals surface area contributed by atoms with E-state index in [1.54, 1.807) is 4.90 Å². The van der Waals surface area contributed by atoms with Gasteiger partial charge in [0, 0.05) is 25.4 Å². The van der Waals surface area contributed by atoms with Crippen LogP contribution in [0.4, 0.5) is 4.79 Å². The lowest BCUT2D eigenvalue weighted by Gasteiger charge is -2.47. The fourth-order valence-corrected chi connectivity index (χ4v) is 3.74. The number of hydrogen-bond donors (Lipinski definition) is 0. The van der Waals surface area contributed by atoms with E-state index in [1.807, 2.05) is 52.8 Å². The fourth-order valence-electron chi connectivity index (χ4n) is 3.74. The molecule has 5 heteroatoms. The number of amides is 1. The van der Waals surface area contributed by atoms with Crippen molar-refractivity contribution < 1.29 is 19.1 Å². The van der Waals surface area contributed by atoms with Crippen LogP contribution in [0.1, 0.15) is 62.9 Å². The first kappa shape index (κ1) is 17.8. The number of benzene rings is 1. The highest BCUT2D eigenvalue weighted by Crippen LogP contribution is 2.41. The number of piperidine rings is 1. The van der Waals surface area contributed by atoms with Gasteiger partial charge in [0.05, 0.1) is 12.0 Å². The summed E-state index contributed by atoms with van der Waals surface area (Å²) in [7, 11) is 0. The second-order valence-electron chi connectivity index (χ2n) is 8.36. The predicted octanol–water partition coefficient (Wildman–Crippen LogP) is 4.12. The van der Waals surface area contributed by atoms with Crippen LogP contribution in [0.25, 0.3) is 0 Å². The molecule has 1 amide bonds. The molecule has 0 bridgehead atoms. The summed E-state index contributed by atoms with van der Waals surface area (Å²) in [6.07, 6.45) is 1.34. The van der Waals surface area contributed by atoms with Crippen molar-refractivity contribution in [3.05, 3.63) is 29.3 Å². The molecule has 1 aromatic carbocycles. The molecule has 5 nitrogen and oxygen atoms in total. The molecule has 0 unspecified atom stereocenters. The number of fused-ring (bicyclic) bond motifs is 1. The topological polar surface area (TPSA) is 55.8 Å². The maximum atomic E-state index is 12.6. The summed E-state index contributed by atoms with van der Waals surface area (Å²) in [5.74, 6) is 0.799. The predicted molar refractivity (Wildman–Crippen MR) is 95.1 cm³/mol. The Hall–Kier alpha value is -2.04. The van der Waals surface area contributed by atoms with Crippen LogP contribution >= 0.6 is 0 Å². The van der Waals surface area contributed by atoms with Crippen LogP contribution in [0.15, 0.2) is 18.2 Å². The molecule has 1 spiro atoms. The molecule has 3 rings (SSSR count). The lowest BCUT2D eigenvalue weighted by molar-refractivity contribution is -0.0406. The van der Waals surface area contributed by atoms with Crippen molar-refractivity contribution >= 4 is 11.9 Å². The molecule has 0 aliphatic carbocycles. The lowest BCUT2D eigenvalue weighted by atomic mass is 9.79. The Balaban J connectivity index is 1.76. The summed E-state index contributed by atoms with van der Waals surface area (Å²) in [5, 5.41) is 0. The number of aryl methyl sites for hydroxylation is 1. The van der Waals surface area contributed by atoms with Crippen LogP contribution < -0.4 is 4.74 Å². The van der Waals surface area contributed by atoms with Gasteiger partial charge in [0.25, 0.3) is 0 Å². The third kappa shape index (κ3) is 3.65. The third-order valence-corrected chi connectivity index (χ3v) is 4.88. The Morgan fingerprint density at radius 3 is 2.72 bits per heavy atom. The number of likely N-dealkylation sites (tertiary alicyclic amines) is 1. The molecule has 2 aliphatic rings. The Morgan fingerprint density at radius 2 is 2.08 bits per heavy atom. The van der Waals surface area contributed by atoms with Crippen molar-refractivity contribution in [2.45, 2.75) is 71.1 Å². The number of Topliss-reactive ketones (excluding diaryl/α,β-unsaturated/α-hetero) is 1. The van der Waals surface area contributed by atoms with Gasteiger partial charge >= 0.3 is 6.09 Å². The zero-order valence-electron chi connectivity index (χ0n) is 15.7. The molecule has 1 fully saturated rings. The van der Waals surface area contributed by atoms with Crippen molar-refractivity contribution in [3.8, 4) is 5.75 Å². The Kier molecular flexibility index (Phi) is 4.30. The van der Waals surface area contributed by atoms with Gasteiger partial charge in [-0.15, -0.1) is 0 Å². The Bertz CT molecular complexity index is 706. The van der Waals surface area contributed by atoms with Gasteiger partial charge in [0.1, 0.15) is 17.0 Å². The summed E-state index contributed by atoms with van der Waals surface area (Å²) in [5.41, 5.74) is 0.705. The quantitative estimate of drug-likeness (QED) is 0.710. The summed E-state index contributed by atoms with van der Waals surface area (Å²) in [4.78, 5) is 26.7. The van der Waals surface area contributed by atoms with Gasteiger partial charge in [-0.05, 0) is 52.3 Å². The van der Waals surface area contributed by atoms with Gasteiger partial charge in [0.15, 0.2) is 5.78 Å². The number of hydrogen-bond acceptors (Lipinski definition) is 4. The molecule has 0 N–H and O–H groups in total. The van der Waals surface area contributed by atoms with E-state index in [-0.39, 0.29) is 17.9 Å². The molecule has 1 saturated heterocycles. The van der Waals surface area contributed by atoms with Crippen molar-refractivity contribution in [3.63, 3.8) is 0 Å². The molecular weight excluding hydrogens is 318 g/mol. The first-order chi connectivity index (χ1) is 11.6. The third-order valence-electron chi connectivity index (χ3n) is 4.88. The van der Waals surface area contributed by atoms with Crippen molar-refractivity contribution in [1.29, 1.82) is 0 Å². The summed E-state index contributed by atoms with van der Waals surface area (Å²) < 4.78 is 11.8. The number of rotatable bonds is 0. The van der Waals surface area contributed by atoms with Gasteiger partial charge in [-0.3, -0.25) is 4.79 Å². The molecule has 1 aromatic rings. The van der Waals surface area contributed by atoms with E-state index < -0.39 is 11.2 Å². The van der Waals surface area contributed by atoms with Gasteiger partial charge in [-0.2, -0.15) is 0 Å². The fraction of sp³-hybridized carbons (Fsp3) is 0.600. The zero-order chi connectivity index (χ0) is 18.4. The van der Waals surface area contributed by atoms with Crippen molar-refractivity contribution in [2.24, 2.45) is 0 Å². The second-order valence-corrected chi connectivity index (χ2v) is 8.36. The number of carbonyl (C=O) groups is 2. The molecule has 0 radical (unpaired) electrons. The number of carbonyl (C=O) groups excluding carboxylic acids is 2. The van der Waals surface area contributed by atoms with Crippen molar-refractivity contribution in [1.82, 2.24) is 4.90 Å². The maximum Gasteiger partial charge on any atom is 0.410 e. The van der Waals surface area contributed by atoms with E-state index in [4.69, 9.17) is 9.47 Å². The average molecular weight is 345 g/mol. The molecule has 2 atom stereocenters.